The molecule has 1 aromatic carbocycles. The Morgan fingerprint density at radius 1 is 1.09 bits per heavy atom. The molecule has 0 aliphatic carbocycles. The van der Waals surface area contributed by atoms with Crippen molar-refractivity contribution in [1.82, 2.24) is 24.5 Å². The van der Waals surface area contributed by atoms with Crippen LogP contribution in [-0.4, -0.2) is 57.0 Å². The fraction of sp³-hybridized carbons (Fsp3) is 0.273. The van der Waals surface area contributed by atoms with Gasteiger partial charge in [0, 0.05) is 31.5 Å². The Labute approximate surface area is 188 Å². The van der Waals surface area contributed by atoms with Gasteiger partial charge in [-0.2, -0.15) is 9.97 Å². The van der Waals surface area contributed by atoms with E-state index in [0.717, 1.165) is 11.8 Å². The minimum absolute atomic E-state index is 0.0840. The Morgan fingerprint density at radius 3 is 2.58 bits per heavy atom. The Bertz CT molecular complexity index is 1250. The first-order valence-electron chi connectivity index (χ1n) is 10.1. The van der Waals surface area contributed by atoms with Crippen molar-refractivity contribution in [2.24, 2.45) is 0 Å². The molecule has 0 radical (unpaired) electrons. The first-order chi connectivity index (χ1) is 16.0. The van der Waals surface area contributed by atoms with Crippen molar-refractivity contribution < 1.29 is 23.7 Å². The maximum Gasteiger partial charge on any atom is 0.320 e. The monoisotopic (exact) mass is 454 g/mol. The van der Waals surface area contributed by atoms with Gasteiger partial charge in [-0.05, 0) is 11.6 Å². The molecular formula is C22H23FN6O4. The van der Waals surface area contributed by atoms with Crippen molar-refractivity contribution in [2.75, 3.05) is 33.2 Å². The number of nitrogens with two attached hydrogens (primary N) is 1. The highest BCUT2D eigenvalue weighted by molar-refractivity contribution is 5.85. The van der Waals surface area contributed by atoms with Crippen LogP contribution in [0.1, 0.15) is 17.4 Å². The third kappa shape index (κ3) is 4.90. The van der Waals surface area contributed by atoms with E-state index in [0.29, 0.717) is 41.3 Å². The molecule has 0 aliphatic heterocycles. The van der Waals surface area contributed by atoms with Crippen molar-refractivity contribution in [1.29, 1.82) is 0 Å². The minimum Gasteiger partial charge on any atom is -0.461 e. The quantitative estimate of drug-likeness (QED) is 0.289. The van der Waals surface area contributed by atoms with E-state index in [4.69, 9.17) is 19.9 Å². The van der Waals surface area contributed by atoms with E-state index >= 15 is 0 Å². The number of hydrogen-bond acceptors (Lipinski definition) is 9. The molecule has 0 saturated heterocycles. The summed E-state index contributed by atoms with van der Waals surface area (Å²) in [6.07, 6.45) is 1.62. The smallest absolute Gasteiger partial charge is 0.320 e. The van der Waals surface area contributed by atoms with E-state index < -0.39 is 12.1 Å². The lowest BCUT2D eigenvalue weighted by Gasteiger charge is -2.12. The second-order valence-corrected chi connectivity index (χ2v) is 7.15. The van der Waals surface area contributed by atoms with Gasteiger partial charge in [-0.25, -0.2) is 9.37 Å². The molecule has 3 aromatic heterocycles. The summed E-state index contributed by atoms with van der Waals surface area (Å²) < 4.78 is 31.2. The van der Waals surface area contributed by atoms with Gasteiger partial charge < -0.3 is 29.6 Å². The zero-order valence-corrected chi connectivity index (χ0v) is 18.1. The molecule has 0 spiro atoms. The Balaban J connectivity index is 1.80. The van der Waals surface area contributed by atoms with Crippen molar-refractivity contribution in [3.05, 3.63) is 59.7 Å². The second-order valence-electron chi connectivity index (χ2n) is 7.15. The number of aliphatic hydroxyl groups excluding tert-OH is 1. The van der Waals surface area contributed by atoms with Crippen LogP contribution in [0.5, 0.6) is 6.01 Å². The Morgan fingerprint density at radius 2 is 1.88 bits per heavy atom. The average molecular weight is 454 g/mol. The standard InChI is InChI=1S/C22H23FN6O4/c1-31-7-8-33-22-27-18(24)17-20(28-22)29(19(26-17)15-9-16(23)11-25-10-15)12-13-3-5-14(6-4-13)21(30)32-2/h3-6,9-11,21,30H,7-8,12H2,1-2H3,(H2,24,27,28). The van der Waals surface area contributed by atoms with Crippen molar-refractivity contribution >= 4 is 17.0 Å². The number of ether oxygens (including phenoxy) is 3. The molecule has 172 valence electrons. The van der Waals surface area contributed by atoms with Crippen LogP contribution in [0.4, 0.5) is 10.2 Å². The topological polar surface area (TPSA) is 130 Å². The van der Waals surface area contributed by atoms with E-state index in [1.165, 1.54) is 19.4 Å². The van der Waals surface area contributed by atoms with Crippen LogP contribution in [0, 0.1) is 5.82 Å². The van der Waals surface area contributed by atoms with E-state index in [2.05, 4.69) is 19.9 Å². The number of nitrogen functional groups attached to an aromatic ring is 1. The van der Waals surface area contributed by atoms with Gasteiger partial charge in [-0.15, -0.1) is 0 Å². The first-order valence-corrected chi connectivity index (χ1v) is 10.1. The van der Waals surface area contributed by atoms with Crippen LogP contribution in [0.25, 0.3) is 22.6 Å². The number of imidazole rings is 1. The lowest BCUT2D eigenvalue weighted by molar-refractivity contribution is -0.0769. The summed E-state index contributed by atoms with van der Waals surface area (Å²) in [7, 11) is 2.99. The second kappa shape index (κ2) is 9.86. The predicted octanol–water partition coefficient (Wildman–Crippen LogP) is 2.32. The third-order valence-corrected chi connectivity index (χ3v) is 4.91. The summed E-state index contributed by atoms with van der Waals surface area (Å²) in [5, 5.41) is 9.85. The van der Waals surface area contributed by atoms with Gasteiger partial charge in [-0.3, -0.25) is 4.98 Å². The van der Waals surface area contributed by atoms with Crippen LogP contribution >= 0.6 is 0 Å². The molecule has 33 heavy (non-hydrogen) atoms. The summed E-state index contributed by atoms with van der Waals surface area (Å²) >= 11 is 0. The van der Waals surface area contributed by atoms with Crippen LogP contribution in [0.2, 0.25) is 0 Å². The normalized spacial score (nSPS) is 12.2. The number of aliphatic hydroxyl groups is 1. The van der Waals surface area contributed by atoms with Crippen molar-refractivity contribution in [3.8, 4) is 17.4 Å². The van der Waals surface area contributed by atoms with E-state index in [1.807, 2.05) is 12.1 Å². The highest BCUT2D eigenvalue weighted by atomic mass is 19.1. The average Bonchev–Trinajstić information content (AvgIpc) is 3.18. The fourth-order valence-electron chi connectivity index (χ4n) is 3.29. The molecule has 0 fully saturated rings. The number of fused-ring (bicyclic) bond motifs is 1. The summed E-state index contributed by atoms with van der Waals surface area (Å²) in [5.41, 5.74) is 8.89. The maximum atomic E-state index is 13.9. The maximum absolute atomic E-state index is 13.9. The lowest BCUT2D eigenvalue weighted by Crippen LogP contribution is -2.09. The fourth-order valence-corrected chi connectivity index (χ4v) is 3.29. The van der Waals surface area contributed by atoms with Gasteiger partial charge in [-0.1, -0.05) is 24.3 Å². The van der Waals surface area contributed by atoms with Crippen LogP contribution in [0.15, 0.2) is 42.7 Å². The molecule has 0 saturated carbocycles. The number of hydrogen-bond donors (Lipinski definition) is 2. The number of benzene rings is 1. The van der Waals surface area contributed by atoms with Gasteiger partial charge in [0.05, 0.1) is 19.3 Å². The Hall–Kier alpha value is -3.67. The first kappa shape index (κ1) is 22.5. The molecule has 0 amide bonds. The van der Waals surface area contributed by atoms with Crippen LogP contribution in [-0.2, 0) is 16.0 Å². The Kier molecular flexibility index (Phi) is 6.73. The highest BCUT2D eigenvalue weighted by Crippen LogP contribution is 2.29. The summed E-state index contributed by atoms with van der Waals surface area (Å²) in [6.45, 7) is 0.944. The van der Waals surface area contributed by atoms with E-state index in [1.54, 1.807) is 23.8 Å². The van der Waals surface area contributed by atoms with Gasteiger partial charge in [0.1, 0.15) is 18.2 Å². The number of anilines is 1. The molecule has 3 N–H and O–H groups in total. The summed E-state index contributed by atoms with van der Waals surface area (Å²) in [4.78, 5) is 17.2. The molecule has 3 heterocycles. The molecule has 11 heteroatoms. The van der Waals surface area contributed by atoms with Gasteiger partial charge in [0.15, 0.2) is 23.3 Å². The molecule has 1 atom stereocenters. The van der Waals surface area contributed by atoms with Gasteiger partial charge in [0.2, 0.25) is 0 Å². The largest absolute Gasteiger partial charge is 0.461 e. The van der Waals surface area contributed by atoms with E-state index in [9.17, 15) is 9.50 Å². The molecule has 4 aromatic rings. The molecule has 0 aliphatic rings. The molecule has 4 rings (SSSR count). The summed E-state index contributed by atoms with van der Waals surface area (Å²) in [6, 6.07) is 8.63. The number of aromatic nitrogens is 5. The number of pyridine rings is 1. The molecule has 10 nitrogen and oxygen atoms in total. The predicted molar refractivity (Wildman–Crippen MR) is 118 cm³/mol. The number of rotatable bonds is 9. The van der Waals surface area contributed by atoms with Gasteiger partial charge in [0.25, 0.3) is 0 Å². The van der Waals surface area contributed by atoms with Crippen LogP contribution in [0.3, 0.4) is 0 Å². The van der Waals surface area contributed by atoms with Crippen molar-refractivity contribution in [3.63, 3.8) is 0 Å². The molecule has 0 bridgehead atoms. The summed E-state index contributed by atoms with van der Waals surface area (Å²) in [5.74, 6) is 0.0649. The zero-order valence-electron chi connectivity index (χ0n) is 18.1. The number of methoxy groups -OCH3 is 2. The van der Waals surface area contributed by atoms with Crippen molar-refractivity contribution in [2.45, 2.75) is 12.8 Å². The lowest BCUT2D eigenvalue weighted by atomic mass is 10.1. The number of nitrogens with zero attached hydrogens (tertiary/aromatic N) is 5. The minimum atomic E-state index is -1.01. The van der Waals surface area contributed by atoms with Gasteiger partial charge >= 0.3 is 6.01 Å². The van der Waals surface area contributed by atoms with Crippen LogP contribution < -0.4 is 10.5 Å². The molecule has 1 unspecified atom stereocenters. The van der Waals surface area contributed by atoms with E-state index in [-0.39, 0.29) is 18.4 Å². The SMILES string of the molecule is COCCOc1nc(N)c2nc(-c3cncc(F)c3)n(Cc3ccc(C(O)OC)cc3)c2n1. The zero-order chi connectivity index (χ0) is 23.4. The molecular weight excluding hydrogens is 431 g/mol. The third-order valence-electron chi connectivity index (χ3n) is 4.91. The number of halogens is 1. The highest BCUT2D eigenvalue weighted by Gasteiger charge is 2.20.